The zero-order valence-electron chi connectivity index (χ0n) is 12.5. The molecule has 0 aromatic rings. The van der Waals surface area contributed by atoms with E-state index in [4.69, 9.17) is 4.43 Å². The third-order valence-electron chi connectivity index (χ3n) is 4.29. The van der Waals surface area contributed by atoms with Crippen molar-refractivity contribution in [2.45, 2.75) is 77.1 Å². The molecule has 0 atom stereocenters. The smallest absolute Gasteiger partial charge is 0.194 e. The minimum absolute atomic E-state index is 0.160. The van der Waals surface area contributed by atoms with Crippen LogP contribution in [0, 0.1) is 11.8 Å². The minimum Gasteiger partial charge on any atom is -0.401 e. The second kappa shape index (κ2) is 7.16. The fourth-order valence-corrected chi connectivity index (χ4v) is 5.87. The summed E-state index contributed by atoms with van der Waals surface area (Å²) >= 11 is 0. The van der Waals surface area contributed by atoms with Gasteiger partial charge in [-0.1, -0.05) is 38.8 Å². The highest BCUT2D eigenvalue weighted by Gasteiger charge is 2.39. The molecule has 0 amide bonds. The average molecular weight is 264 g/mol. The molecule has 0 spiro atoms. The van der Waals surface area contributed by atoms with Crippen molar-refractivity contribution < 1.29 is 4.43 Å². The van der Waals surface area contributed by atoms with Crippen LogP contribution in [0.2, 0.25) is 18.1 Å². The molecule has 1 nitrogen and oxygen atoms in total. The summed E-state index contributed by atoms with van der Waals surface area (Å²) in [7, 11) is -1.57. The van der Waals surface area contributed by atoms with Crippen molar-refractivity contribution >= 4 is 8.32 Å². The summed E-state index contributed by atoms with van der Waals surface area (Å²) < 4.78 is 6.76. The van der Waals surface area contributed by atoms with E-state index in [0.29, 0.717) is 0 Å². The summed E-state index contributed by atoms with van der Waals surface area (Å²) in [6.07, 6.45) is 8.93. The Morgan fingerprint density at radius 3 is 1.94 bits per heavy atom. The first-order valence-corrected chi connectivity index (χ1v) is 9.98. The molecule has 0 saturated carbocycles. The lowest BCUT2D eigenvalue weighted by molar-refractivity contribution is 0.101. The summed E-state index contributed by atoms with van der Waals surface area (Å²) in [5, 5.41) is 0. The lowest BCUT2D eigenvalue weighted by Crippen LogP contribution is -2.46. The van der Waals surface area contributed by atoms with Crippen LogP contribution >= 0.6 is 0 Å². The molecule has 0 aliphatic heterocycles. The van der Waals surface area contributed by atoms with Crippen molar-refractivity contribution in [1.29, 1.82) is 0 Å². The van der Waals surface area contributed by atoms with Gasteiger partial charge in [0.15, 0.2) is 8.32 Å². The second-order valence-corrected chi connectivity index (χ2v) is 9.96. The van der Waals surface area contributed by atoms with E-state index in [1.165, 1.54) is 18.1 Å². The Labute approximate surface area is 114 Å². The standard InChI is InChI=1S/C16H28OSi/c1-5-13-16(14-11-9-10-12-15-16)17-18(6-2,7-3)8-4/h9-10H,6-8,11-12,14-15H2,1-4H3. The maximum Gasteiger partial charge on any atom is 0.194 e. The van der Waals surface area contributed by atoms with Crippen LogP contribution in [0.1, 0.15) is 53.4 Å². The summed E-state index contributed by atoms with van der Waals surface area (Å²) in [6.45, 7) is 8.82. The Morgan fingerprint density at radius 2 is 1.56 bits per heavy atom. The van der Waals surface area contributed by atoms with E-state index >= 15 is 0 Å². The van der Waals surface area contributed by atoms with Gasteiger partial charge in [0.1, 0.15) is 5.60 Å². The molecule has 2 heteroatoms. The largest absolute Gasteiger partial charge is 0.401 e. The molecule has 0 N–H and O–H groups in total. The molecular formula is C16H28OSi. The summed E-state index contributed by atoms with van der Waals surface area (Å²) in [6, 6.07) is 3.63. The zero-order chi connectivity index (χ0) is 13.5. The Balaban J connectivity index is 2.93. The molecule has 0 heterocycles. The summed E-state index contributed by atoms with van der Waals surface area (Å²) in [5.74, 6) is 6.54. The Hall–Kier alpha value is -0.523. The highest BCUT2D eigenvalue weighted by atomic mass is 28.4. The van der Waals surface area contributed by atoms with Gasteiger partial charge in [0, 0.05) is 0 Å². The first kappa shape index (κ1) is 15.5. The molecule has 0 fully saturated rings. The van der Waals surface area contributed by atoms with Crippen molar-refractivity contribution in [3.05, 3.63) is 12.2 Å². The lowest BCUT2D eigenvalue weighted by Gasteiger charge is -2.39. The third kappa shape index (κ3) is 3.73. The Kier molecular flexibility index (Phi) is 6.18. The van der Waals surface area contributed by atoms with E-state index in [0.717, 1.165) is 25.7 Å². The molecule has 1 rings (SSSR count). The molecule has 18 heavy (non-hydrogen) atoms. The minimum atomic E-state index is -1.57. The Morgan fingerprint density at radius 1 is 1.06 bits per heavy atom. The fourth-order valence-electron chi connectivity index (χ4n) is 2.86. The fraction of sp³-hybridized carbons (Fsp3) is 0.750. The first-order valence-electron chi connectivity index (χ1n) is 7.45. The molecule has 1 aliphatic carbocycles. The highest BCUT2D eigenvalue weighted by molar-refractivity contribution is 6.73. The predicted octanol–water partition coefficient (Wildman–Crippen LogP) is 4.90. The quantitative estimate of drug-likeness (QED) is 0.390. The van der Waals surface area contributed by atoms with Gasteiger partial charge in [-0.15, -0.1) is 5.92 Å². The van der Waals surface area contributed by atoms with Crippen molar-refractivity contribution in [2.75, 3.05) is 0 Å². The van der Waals surface area contributed by atoms with Gasteiger partial charge >= 0.3 is 0 Å². The van der Waals surface area contributed by atoms with Gasteiger partial charge in [-0.25, -0.2) is 0 Å². The molecule has 0 unspecified atom stereocenters. The van der Waals surface area contributed by atoms with Gasteiger partial charge in [0.25, 0.3) is 0 Å². The van der Waals surface area contributed by atoms with Crippen LogP contribution in [0.15, 0.2) is 12.2 Å². The maximum atomic E-state index is 6.76. The van der Waals surface area contributed by atoms with Gasteiger partial charge in [-0.2, -0.15) is 0 Å². The number of allylic oxidation sites excluding steroid dienone is 2. The number of rotatable bonds is 5. The van der Waals surface area contributed by atoms with Gasteiger partial charge in [-0.3, -0.25) is 0 Å². The van der Waals surface area contributed by atoms with Crippen LogP contribution in [-0.2, 0) is 4.43 Å². The monoisotopic (exact) mass is 264 g/mol. The molecule has 102 valence electrons. The van der Waals surface area contributed by atoms with Gasteiger partial charge in [0.05, 0.1) is 0 Å². The SMILES string of the molecule is CC#CC1(O[Si](CC)(CC)CC)CCC=CCC1. The number of hydrogen-bond acceptors (Lipinski definition) is 1. The van der Waals surface area contributed by atoms with Crippen molar-refractivity contribution in [3.63, 3.8) is 0 Å². The topological polar surface area (TPSA) is 9.23 Å². The molecule has 0 aromatic heterocycles. The van der Waals surface area contributed by atoms with Crippen LogP contribution < -0.4 is 0 Å². The molecule has 0 bridgehead atoms. The summed E-state index contributed by atoms with van der Waals surface area (Å²) in [5.41, 5.74) is -0.160. The van der Waals surface area contributed by atoms with Crippen LogP contribution in [0.5, 0.6) is 0 Å². The maximum absolute atomic E-state index is 6.76. The lowest BCUT2D eigenvalue weighted by atomic mass is 9.95. The van der Waals surface area contributed by atoms with E-state index in [2.05, 4.69) is 44.8 Å². The van der Waals surface area contributed by atoms with E-state index in [9.17, 15) is 0 Å². The number of hydrogen-bond donors (Lipinski definition) is 0. The van der Waals surface area contributed by atoms with Crippen LogP contribution in [-0.4, -0.2) is 13.9 Å². The zero-order valence-corrected chi connectivity index (χ0v) is 13.5. The molecule has 0 saturated heterocycles. The normalized spacial score (nSPS) is 18.9. The van der Waals surface area contributed by atoms with Crippen LogP contribution in [0.25, 0.3) is 0 Å². The van der Waals surface area contributed by atoms with Crippen LogP contribution in [0.4, 0.5) is 0 Å². The summed E-state index contributed by atoms with van der Waals surface area (Å²) in [4.78, 5) is 0. The van der Waals surface area contributed by atoms with Crippen LogP contribution in [0.3, 0.4) is 0 Å². The van der Waals surface area contributed by atoms with Gasteiger partial charge < -0.3 is 4.43 Å². The molecule has 0 aromatic carbocycles. The average Bonchev–Trinajstić information content (AvgIpc) is 2.63. The first-order chi connectivity index (χ1) is 8.66. The van der Waals surface area contributed by atoms with Crippen molar-refractivity contribution in [3.8, 4) is 11.8 Å². The molecular weight excluding hydrogens is 236 g/mol. The van der Waals surface area contributed by atoms with Gasteiger partial charge in [0.2, 0.25) is 0 Å². The van der Waals surface area contributed by atoms with E-state index in [1.54, 1.807) is 0 Å². The highest BCUT2D eigenvalue weighted by Crippen LogP contribution is 2.34. The Bertz CT molecular complexity index is 312. The van der Waals surface area contributed by atoms with E-state index in [1.807, 2.05) is 6.92 Å². The van der Waals surface area contributed by atoms with E-state index < -0.39 is 8.32 Å². The van der Waals surface area contributed by atoms with E-state index in [-0.39, 0.29) is 5.60 Å². The molecule has 1 aliphatic rings. The van der Waals surface area contributed by atoms with Crippen molar-refractivity contribution in [2.24, 2.45) is 0 Å². The van der Waals surface area contributed by atoms with Crippen molar-refractivity contribution in [1.82, 2.24) is 0 Å². The predicted molar refractivity (Wildman–Crippen MR) is 82.1 cm³/mol. The molecule has 0 radical (unpaired) electrons. The second-order valence-electron chi connectivity index (χ2n) is 5.26. The van der Waals surface area contributed by atoms with Gasteiger partial charge in [-0.05, 0) is 50.7 Å². The third-order valence-corrected chi connectivity index (χ3v) is 8.98.